The molecule has 3 aromatic carbocycles. The maximum atomic E-state index is 6.04. The highest BCUT2D eigenvalue weighted by atomic mass is 35.5. The van der Waals surface area contributed by atoms with Crippen molar-refractivity contribution in [1.82, 2.24) is 4.98 Å². The van der Waals surface area contributed by atoms with Crippen molar-refractivity contribution in [2.75, 3.05) is 5.32 Å². The fourth-order valence-corrected chi connectivity index (χ4v) is 3.84. The molecule has 0 aliphatic heterocycles. The van der Waals surface area contributed by atoms with Crippen LogP contribution in [0.25, 0.3) is 21.8 Å². The van der Waals surface area contributed by atoms with Gasteiger partial charge in [0.05, 0.1) is 0 Å². The van der Waals surface area contributed by atoms with E-state index >= 15 is 0 Å². The van der Waals surface area contributed by atoms with Crippen LogP contribution in [0.3, 0.4) is 0 Å². The molecule has 0 aliphatic carbocycles. The van der Waals surface area contributed by atoms with Crippen LogP contribution in [0.2, 0.25) is 10.0 Å². The van der Waals surface area contributed by atoms with Gasteiger partial charge in [-0.1, -0.05) is 77.0 Å². The van der Waals surface area contributed by atoms with Crippen LogP contribution in [0.1, 0.15) is 0 Å². The smallest absolute Gasteiger partial charge is 0.126 e. The summed E-state index contributed by atoms with van der Waals surface area (Å²) in [7, 11) is 0. The minimum absolute atomic E-state index is 0.708. The number of para-hydroxylation sites is 1. The number of hydrogen-bond acceptors (Lipinski definition) is 3. The molecule has 0 bridgehead atoms. The van der Waals surface area contributed by atoms with Gasteiger partial charge in [0.25, 0.3) is 0 Å². The maximum Gasteiger partial charge on any atom is 0.126 e. The Labute approximate surface area is 166 Å². The Bertz CT molecular complexity index is 1010. The Balaban J connectivity index is 1.79. The summed E-state index contributed by atoms with van der Waals surface area (Å²) in [5, 5.41) is 6.83. The molecular formula is C21H14Cl2N2S. The predicted molar refractivity (Wildman–Crippen MR) is 113 cm³/mol. The summed E-state index contributed by atoms with van der Waals surface area (Å²) in [5.74, 6) is 0. The predicted octanol–water partition coefficient (Wildman–Crippen LogP) is 7.53. The van der Waals surface area contributed by atoms with Crippen molar-refractivity contribution in [1.29, 1.82) is 0 Å². The molecule has 4 rings (SSSR count). The molecule has 0 saturated carbocycles. The minimum Gasteiger partial charge on any atom is -0.345 e. The Kier molecular flexibility index (Phi) is 4.93. The number of benzene rings is 3. The van der Waals surface area contributed by atoms with Gasteiger partial charge in [-0.15, -0.1) is 0 Å². The van der Waals surface area contributed by atoms with Crippen LogP contribution in [0, 0.1) is 0 Å². The van der Waals surface area contributed by atoms with E-state index in [0.29, 0.717) is 10.0 Å². The van der Waals surface area contributed by atoms with Gasteiger partial charge in [-0.25, -0.2) is 4.98 Å². The second kappa shape index (κ2) is 7.50. The first kappa shape index (κ1) is 17.1. The summed E-state index contributed by atoms with van der Waals surface area (Å²) in [6.45, 7) is 0. The molecule has 0 atom stereocenters. The van der Waals surface area contributed by atoms with Crippen molar-refractivity contribution in [3.8, 4) is 21.8 Å². The second-order valence-electron chi connectivity index (χ2n) is 5.70. The molecule has 4 aromatic rings. The van der Waals surface area contributed by atoms with Crippen LogP contribution in [0.5, 0.6) is 0 Å². The van der Waals surface area contributed by atoms with Gasteiger partial charge in [0.2, 0.25) is 0 Å². The zero-order valence-electron chi connectivity index (χ0n) is 13.6. The highest BCUT2D eigenvalue weighted by Gasteiger charge is 2.15. The number of thiazole rings is 1. The van der Waals surface area contributed by atoms with Crippen molar-refractivity contribution in [2.45, 2.75) is 0 Å². The highest BCUT2D eigenvalue weighted by molar-refractivity contribution is 7.19. The largest absolute Gasteiger partial charge is 0.345 e. The number of nitrogens with zero attached hydrogens (tertiary/aromatic N) is 1. The van der Waals surface area contributed by atoms with E-state index in [2.05, 4.69) is 5.32 Å². The zero-order chi connectivity index (χ0) is 17.9. The van der Waals surface area contributed by atoms with Crippen LogP contribution >= 0.6 is 34.5 Å². The lowest BCUT2D eigenvalue weighted by Gasteiger charge is -2.06. The van der Waals surface area contributed by atoms with E-state index in [0.717, 1.165) is 32.5 Å². The molecule has 0 unspecified atom stereocenters. The quantitative estimate of drug-likeness (QED) is 0.385. The average Bonchev–Trinajstić information content (AvgIpc) is 3.07. The van der Waals surface area contributed by atoms with Crippen molar-refractivity contribution in [2.24, 2.45) is 0 Å². The summed E-state index contributed by atoms with van der Waals surface area (Å²) in [6.07, 6.45) is 0. The van der Waals surface area contributed by atoms with Crippen molar-refractivity contribution in [3.63, 3.8) is 0 Å². The molecule has 5 heteroatoms. The van der Waals surface area contributed by atoms with Crippen LogP contribution in [-0.2, 0) is 0 Å². The summed E-state index contributed by atoms with van der Waals surface area (Å²) in [4.78, 5) is 4.88. The first-order chi connectivity index (χ1) is 12.7. The molecule has 0 saturated heterocycles. The van der Waals surface area contributed by atoms with Gasteiger partial charge in [-0.2, -0.15) is 0 Å². The van der Waals surface area contributed by atoms with Crippen LogP contribution in [0.4, 0.5) is 10.7 Å². The van der Waals surface area contributed by atoms with Gasteiger partial charge in [0.1, 0.15) is 15.7 Å². The molecule has 0 fully saturated rings. The van der Waals surface area contributed by atoms with Gasteiger partial charge >= 0.3 is 0 Å². The molecule has 1 aromatic heterocycles. The third-order valence-electron chi connectivity index (χ3n) is 3.87. The molecular weight excluding hydrogens is 383 g/mol. The number of hydrogen-bond donors (Lipinski definition) is 1. The molecule has 0 radical (unpaired) electrons. The highest BCUT2D eigenvalue weighted by Crippen LogP contribution is 2.39. The van der Waals surface area contributed by atoms with Gasteiger partial charge < -0.3 is 5.32 Å². The molecule has 0 aliphatic rings. The number of anilines is 2. The van der Waals surface area contributed by atoms with Gasteiger partial charge in [0, 0.05) is 26.9 Å². The lowest BCUT2D eigenvalue weighted by Crippen LogP contribution is -1.90. The summed E-state index contributed by atoms with van der Waals surface area (Å²) in [6, 6.07) is 25.5. The minimum atomic E-state index is 0.708. The molecule has 1 heterocycles. The third kappa shape index (κ3) is 3.75. The standard InChI is InChI=1S/C21H14Cl2N2S/c22-16-10-6-14(7-11-16)19-21(24-18-4-2-1-3-5-18)26-20(25-19)15-8-12-17(23)13-9-15/h1-13,24H. The van der Waals surface area contributed by atoms with Gasteiger partial charge in [-0.05, 0) is 36.4 Å². The first-order valence-corrected chi connectivity index (χ1v) is 9.61. The molecule has 128 valence electrons. The van der Waals surface area contributed by atoms with Crippen LogP contribution < -0.4 is 5.32 Å². The SMILES string of the molecule is Clc1ccc(-c2nc(-c3ccc(Cl)cc3)c(Nc3ccccc3)s2)cc1. The summed E-state index contributed by atoms with van der Waals surface area (Å²) < 4.78 is 0. The van der Waals surface area contributed by atoms with E-state index < -0.39 is 0 Å². The van der Waals surface area contributed by atoms with E-state index in [1.54, 1.807) is 11.3 Å². The van der Waals surface area contributed by atoms with E-state index in [4.69, 9.17) is 28.2 Å². The lowest BCUT2D eigenvalue weighted by atomic mass is 10.1. The number of rotatable bonds is 4. The zero-order valence-corrected chi connectivity index (χ0v) is 15.9. The molecule has 0 spiro atoms. The Morgan fingerprint density at radius 1 is 0.692 bits per heavy atom. The fourth-order valence-electron chi connectivity index (χ4n) is 2.58. The first-order valence-electron chi connectivity index (χ1n) is 8.04. The normalized spacial score (nSPS) is 10.7. The topological polar surface area (TPSA) is 24.9 Å². The molecule has 26 heavy (non-hydrogen) atoms. The lowest BCUT2D eigenvalue weighted by molar-refractivity contribution is 1.39. The Morgan fingerprint density at radius 2 is 1.27 bits per heavy atom. The third-order valence-corrected chi connectivity index (χ3v) is 5.39. The van der Waals surface area contributed by atoms with E-state index in [-0.39, 0.29) is 0 Å². The van der Waals surface area contributed by atoms with Crippen LogP contribution in [-0.4, -0.2) is 4.98 Å². The van der Waals surface area contributed by atoms with E-state index in [1.807, 2.05) is 78.9 Å². The summed E-state index contributed by atoms with van der Waals surface area (Å²) >= 11 is 13.7. The van der Waals surface area contributed by atoms with Crippen LogP contribution in [0.15, 0.2) is 78.9 Å². The van der Waals surface area contributed by atoms with Crippen molar-refractivity contribution in [3.05, 3.63) is 88.9 Å². The second-order valence-corrected chi connectivity index (χ2v) is 7.57. The van der Waals surface area contributed by atoms with E-state index in [1.165, 1.54) is 0 Å². The number of nitrogens with one attached hydrogen (secondary N) is 1. The average molecular weight is 397 g/mol. The van der Waals surface area contributed by atoms with Crippen molar-refractivity contribution < 1.29 is 0 Å². The monoisotopic (exact) mass is 396 g/mol. The Morgan fingerprint density at radius 3 is 1.88 bits per heavy atom. The van der Waals surface area contributed by atoms with Crippen molar-refractivity contribution >= 4 is 45.2 Å². The van der Waals surface area contributed by atoms with Gasteiger partial charge in [0.15, 0.2) is 0 Å². The van der Waals surface area contributed by atoms with E-state index in [9.17, 15) is 0 Å². The maximum absolute atomic E-state index is 6.04. The fraction of sp³-hybridized carbons (Fsp3) is 0. The number of aromatic nitrogens is 1. The van der Waals surface area contributed by atoms with Gasteiger partial charge in [-0.3, -0.25) is 0 Å². The number of halogens is 2. The molecule has 1 N–H and O–H groups in total. The molecule has 2 nitrogen and oxygen atoms in total. The Hall–Kier alpha value is -2.33. The molecule has 0 amide bonds. The summed E-state index contributed by atoms with van der Waals surface area (Å²) in [5.41, 5.74) is 3.98.